The monoisotopic (exact) mass is 251 g/mol. The van der Waals surface area contributed by atoms with Crippen molar-refractivity contribution in [3.05, 3.63) is 35.9 Å². The third kappa shape index (κ3) is 4.85. The molecule has 1 rings (SSSR count). The Morgan fingerprint density at radius 2 is 2.06 bits per heavy atom. The van der Waals surface area contributed by atoms with Crippen LogP contribution in [0.25, 0.3) is 0 Å². The van der Waals surface area contributed by atoms with Crippen LogP contribution in [0.1, 0.15) is 31.4 Å². The summed E-state index contributed by atoms with van der Waals surface area (Å²) in [5.74, 6) is -0.144. The molecule has 0 heterocycles. The first-order chi connectivity index (χ1) is 8.65. The highest BCUT2D eigenvalue weighted by Crippen LogP contribution is 2.15. The fourth-order valence-electron chi connectivity index (χ4n) is 1.72. The quantitative estimate of drug-likeness (QED) is 0.724. The predicted molar refractivity (Wildman–Crippen MR) is 70.1 cm³/mol. The summed E-state index contributed by atoms with van der Waals surface area (Å²) in [5.41, 5.74) is 0.841. The second-order valence-corrected chi connectivity index (χ2v) is 4.31. The number of ether oxygens (including phenoxy) is 1. The SMILES string of the molecule is COC(C(=O)NCCCC(C)O)c1ccccc1. The van der Waals surface area contributed by atoms with Gasteiger partial charge >= 0.3 is 0 Å². The van der Waals surface area contributed by atoms with Gasteiger partial charge in [0.15, 0.2) is 6.10 Å². The minimum Gasteiger partial charge on any atom is -0.393 e. The molecule has 4 heteroatoms. The van der Waals surface area contributed by atoms with Crippen molar-refractivity contribution in [3.63, 3.8) is 0 Å². The Bertz CT molecular complexity index is 351. The molecule has 2 N–H and O–H groups in total. The van der Waals surface area contributed by atoms with E-state index in [0.717, 1.165) is 12.0 Å². The van der Waals surface area contributed by atoms with E-state index in [1.807, 2.05) is 30.3 Å². The maximum Gasteiger partial charge on any atom is 0.253 e. The number of aliphatic hydroxyl groups excluding tert-OH is 1. The van der Waals surface area contributed by atoms with Gasteiger partial charge in [0.25, 0.3) is 5.91 Å². The lowest BCUT2D eigenvalue weighted by molar-refractivity contribution is -0.131. The molecule has 1 aromatic rings. The van der Waals surface area contributed by atoms with Crippen LogP contribution in [-0.2, 0) is 9.53 Å². The standard InChI is InChI=1S/C14H21NO3/c1-11(16)7-6-10-15-14(17)13(18-2)12-8-4-3-5-9-12/h3-5,8-9,11,13,16H,6-7,10H2,1-2H3,(H,15,17). The van der Waals surface area contributed by atoms with Crippen molar-refractivity contribution in [3.8, 4) is 0 Å². The van der Waals surface area contributed by atoms with Crippen molar-refractivity contribution in [2.24, 2.45) is 0 Å². The molecular weight excluding hydrogens is 230 g/mol. The molecule has 0 spiro atoms. The second-order valence-electron chi connectivity index (χ2n) is 4.31. The van der Waals surface area contributed by atoms with E-state index in [-0.39, 0.29) is 12.0 Å². The number of methoxy groups -OCH3 is 1. The van der Waals surface area contributed by atoms with Gasteiger partial charge in [-0.3, -0.25) is 4.79 Å². The van der Waals surface area contributed by atoms with Gasteiger partial charge in [0.1, 0.15) is 0 Å². The Kier molecular flexibility index (Phi) is 6.39. The molecule has 0 saturated carbocycles. The number of carbonyl (C=O) groups excluding carboxylic acids is 1. The van der Waals surface area contributed by atoms with Gasteiger partial charge in [0.2, 0.25) is 0 Å². The van der Waals surface area contributed by atoms with Gasteiger partial charge in [-0.25, -0.2) is 0 Å². The van der Waals surface area contributed by atoms with Crippen LogP contribution in [0.3, 0.4) is 0 Å². The zero-order valence-electron chi connectivity index (χ0n) is 10.9. The first kappa shape index (κ1) is 14.7. The molecule has 1 amide bonds. The Labute approximate surface area is 108 Å². The second kappa shape index (κ2) is 7.84. The molecule has 4 nitrogen and oxygen atoms in total. The van der Waals surface area contributed by atoms with Crippen molar-refractivity contribution in [1.82, 2.24) is 5.32 Å². The van der Waals surface area contributed by atoms with Crippen LogP contribution in [0.4, 0.5) is 0 Å². The van der Waals surface area contributed by atoms with Crippen LogP contribution in [0.5, 0.6) is 0 Å². The maximum atomic E-state index is 11.9. The van der Waals surface area contributed by atoms with E-state index in [4.69, 9.17) is 9.84 Å². The third-order valence-electron chi connectivity index (χ3n) is 2.67. The van der Waals surface area contributed by atoms with E-state index in [0.29, 0.717) is 13.0 Å². The predicted octanol–water partition coefficient (Wildman–Crippen LogP) is 1.65. The van der Waals surface area contributed by atoms with Crippen molar-refractivity contribution >= 4 is 5.91 Å². The number of nitrogens with one attached hydrogen (secondary N) is 1. The van der Waals surface area contributed by atoms with Crippen LogP contribution >= 0.6 is 0 Å². The highest BCUT2D eigenvalue weighted by atomic mass is 16.5. The van der Waals surface area contributed by atoms with Crippen LogP contribution in [-0.4, -0.2) is 30.8 Å². The third-order valence-corrected chi connectivity index (χ3v) is 2.67. The summed E-state index contributed by atoms with van der Waals surface area (Å²) in [5, 5.41) is 11.9. The maximum absolute atomic E-state index is 11.9. The van der Waals surface area contributed by atoms with Gasteiger partial charge in [-0.15, -0.1) is 0 Å². The molecule has 2 unspecified atom stereocenters. The molecule has 0 fully saturated rings. The molecule has 0 aromatic heterocycles. The van der Waals surface area contributed by atoms with Crippen LogP contribution in [0, 0.1) is 0 Å². The van der Waals surface area contributed by atoms with Gasteiger partial charge in [-0.2, -0.15) is 0 Å². The molecule has 1 aromatic carbocycles. The van der Waals surface area contributed by atoms with E-state index < -0.39 is 6.10 Å². The van der Waals surface area contributed by atoms with Crippen molar-refractivity contribution < 1.29 is 14.6 Å². The van der Waals surface area contributed by atoms with Crippen molar-refractivity contribution in [2.45, 2.75) is 32.0 Å². The average molecular weight is 251 g/mol. The number of carbonyl (C=O) groups is 1. The average Bonchev–Trinajstić information content (AvgIpc) is 2.36. The van der Waals surface area contributed by atoms with E-state index in [9.17, 15) is 4.79 Å². The van der Waals surface area contributed by atoms with E-state index in [2.05, 4.69) is 5.32 Å². The normalized spacial score (nSPS) is 13.9. The Hall–Kier alpha value is -1.39. The number of rotatable bonds is 7. The highest BCUT2D eigenvalue weighted by Gasteiger charge is 2.18. The molecule has 100 valence electrons. The van der Waals surface area contributed by atoms with Gasteiger partial charge in [-0.05, 0) is 25.3 Å². The summed E-state index contributed by atoms with van der Waals surface area (Å²) in [7, 11) is 1.52. The van der Waals surface area contributed by atoms with E-state index in [1.54, 1.807) is 6.92 Å². The molecule has 2 atom stereocenters. The lowest BCUT2D eigenvalue weighted by atomic mass is 10.1. The zero-order valence-corrected chi connectivity index (χ0v) is 10.9. The highest BCUT2D eigenvalue weighted by molar-refractivity contribution is 5.82. The zero-order chi connectivity index (χ0) is 13.4. The van der Waals surface area contributed by atoms with Crippen LogP contribution in [0.15, 0.2) is 30.3 Å². The summed E-state index contributed by atoms with van der Waals surface area (Å²) >= 11 is 0. The Balaban J connectivity index is 2.43. The summed E-state index contributed by atoms with van der Waals surface area (Å²) in [6.07, 6.45) is 0.546. The van der Waals surface area contributed by atoms with Crippen molar-refractivity contribution in [1.29, 1.82) is 0 Å². The number of hydrogen-bond acceptors (Lipinski definition) is 3. The van der Waals surface area contributed by atoms with Gasteiger partial charge in [-0.1, -0.05) is 30.3 Å². The van der Waals surface area contributed by atoms with Gasteiger partial charge in [0.05, 0.1) is 6.10 Å². The lowest BCUT2D eigenvalue weighted by Crippen LogP contribution is -2.31. The fourth-order valence-corrected chi connectivity index (χ4v) is 1.72. The van der Waals surface area contributed by atoms with Crippen LogP contribution < -0.4 is 5.32 Å². The van der Waals surface area contributed by atoms with Crippen molar-refractivity contribution in [2.75, 3.05) is 13.7 Å². The first-order valence-electron chi connectivity index (χ1n) is 6.18. The van der Waals surface area contributed by atoms with E-state index in [1.165, 1.54) is 7.11 Å². The summed E-state index contributed by atoms with van der Waals surface area (Å²) in [6, 6.07) is 9.38. The smallest absolute Gasteiger partial charge is 0.253 e. The molecule has 0 bridgehead atoms. The first-order valence-corrected chi connectivity index (χ1v) is 6.18. The van der Waals surface area contributed by atoms with Gasteiger partial charge in [0, 0.05) is 13.7 Å². The molecule has 18 heavy (non-hydrogen) atoms. The summed E-state index contributed by atoms with van der Waals surface area (Å²) in [4.78, 5) is 11.9. The minimum absolute atomic E-state index is 0.144. The molecule has 0 saturated heterocycles. The topological polar surface area (TPSA) is 58.6 Å². The molecular formula is C14H21NO3. The largest absolute Gasteiger partial charge is 0.393 e. The molecule has 0 radical (unpaired) electrons. The van der Waals surface area contributed by atoms with Gasteiger partial charge < -0.3 is 15.2 Å². The van der Waals surface area contributed by atoms with Crippen LogP contribution in [0.2, 0.25) is 0 Å². The molecule has 0 aliphatic carbocycles. The molecule has 0 aliphatic heterocycles. The Morgan fingerprint density at radius 1 is 1.39 bits per heavy atom. The summed E-state index contributed by atoms with van der Waals surface area (Å²) in [6.45, 7) is 2.29. The number of benzene rings is 1. The summed E-state index contributed by atoms with van der Waals surface area (Å²) < 4.78 is 5.21. The minimum atomic E-state index is -0.572. The lowest BCUT2D eigenvalue weighted by Gasteiger charge is -2.15. The number of aliphatic hydroxyl groups is 1. The molecule has 0 aliphatic rings. The number of hydrogen-bond donors (Lipinski definition) is 2. The fraction of sp³-hybridized carbons (Fsp3) is 0.500. The van der Waals surface area contributed by atoms with E-state index >= 15 is 0 Å². The number of amides is 1. The Morgan fingerprint density at radius 3 is 2.61 bits per heavy atom.